The van der Waals surface area contributed by atoms with Crippen LogP contribution in [0.3, 0.4) is 0 Å². The normalized spacial score (nSPS) is 11.9. The highest BCUT2D eigenvalue weighted by atomic mass is 35.5. The zero-order valence-electron chi connectivity index (χ0n) is 9.48. The van der Waals surface area contributed by atoms with Gasteiger partial charge in [0.15, 0.2) is 11.0 Å². The third-order valence-electron chi connectivity index (χ3n) is 2.31. The van der Waals surface area contributed by atoms with Gasteiger partial charge in [-0.25, -0.2) is 9.97 Å². The molecule has 4 nitrogen and oxygen atoms in total. The third kappa shape index (κ3) is 3.35. The lowest BCUT2D eigenvalue weighted by Crippen LogP contribution is -2.18. The number of hydrogen-bond donors (Lipinski definition) is 1. The highest BCUT2D eigenvalue weighted by Gasteiger charge is 2.19. The molecule has 0 bridgehead atoms. The van der Waals surface area contributed by atoms with Crippen LogP contribution in [0.15, 0.2) is 36.7 Å². The van der Waals surface area contributed by atoms with Gasteiger partial charge in [-0.1, -0.05) is 53.5 Å². The molecule has 0 aliphatic rings. The minimum Gasteiger partial charge on any atom is -0.308 e. The first-order valence-corrected chi connectivity index (χ1v) is 6.44. The summed E-state index contributed by atoms with van der Waals surface area (Å²) >= 11 is 17.7. The number of nitrogens with zero attached hydrogens (tertiary/aromatic N) is 2. The van der Waals surface area contributed by atoms with Gasteiger partial charge in [-0.05, 0) is 5.56 Å². The van der Waals surface area contributed by atoms with E-state index >= 15 is 0 Å². The number of aromatic nitrogens is 2. The fraction of sp³-hybridized carbons (Fsp3) is 0.0833. The monoisotopic (exact) mass is 315 g/mol. The van der Waals surface area contributed by atoms with Crippen LogP contribution in [0.5, 0.6) is 0 Å². The van der Waals surface area contributed by atoms with Crippen LogP contribution < -0.4 is 5.32 Å². The fourth-order valence-corrected chi connectivity index (χ4v) is 1.87. The van der Waals surface area contributed by atoms with Gasteiger partial charge in [-0.3, -0.25) is 4.79 Å². The summed E-state index contributed by atoms with van der Waals surface area (Å²) in [5.74, 6) is -0.308. The van der Waals surface area contributed by atoms with Crippen LogP contribution >= 0.6 is 34.8 Å². The molecule has 2 aromatic rings. The summed E-state index contributed by atoms with van der Waals surface area (Å²) < 4.78 is 0. The van der Waals surface area contributed by atoms with Crippen LogP contribution in [0.2, 0.25) is 10.2 Å². The summed E-state index contributed by atoms with van der Waals surface area (Å²) in [5, 5.41) is 1.81. The van der Waals surface area contributed by atoms with E-state index in [0.29, 0.717) is 5.56 Å². The summed E-state index contributed by atoms with van der Waals surface area (Å²) in [6, 6.07) is 8.95. The molecule has 1 aromatic carbocycles. The second kappa shape index (κ2) is 6.19. The molecule has 0 saturated heterocycles. The summed E-state index contributed by atoms with van der Waals surface area (Å²) in [6.07, 6.45) is 1.20. The minimum atomic E-state index is -0.842. The van der Waals surface area contributed by atoms with Gasteiger partial charge in [0, 0.05) is 0 Å². The van der Waals surface area contributed by atoms with Crippen molar-refractivity contribution in [3.05, 3.63) is 52.4 Å². The molecule has 0 saturated carbocycles. The Kier molecular flexibility index (Phi) is 4.58. The molecule has 0 aliphatic heterocycles. The number of amides is 1. The molecule has 19 heavy (non-hydrogen) atoms. The fourth-order valence-electron chi connectivity index (χ4n) is 1.39. The van der Waals surface area contributed by atoms with Crippen molar-refractivity contribution < 1.29 is 4.79 Å². The molecule has 0 radical (unpaired) electrons. The average Bonchev–Trinajstić information content (AvgIpc) is 2.44. The minimum absolute atomic E-state index is 0.0674. The van der Waals surface area contributed by atoms with Crippen LogP contribution in [-0.4, -0.2) is 15.9 Å². The quantitative estimate of drug-likeness (QED) is 0.694. The van der Waals surface area contributed by atoms with E-state index in [0.717, 1.165) is 0 Å². The summed E-state index contributed by atoms with van der Waals surface area (Å²) in [5.41, 5.74) is 0.679. The van der Waals surface area contributed by atoms with Gasteiger partial charge >= 0.3 is 0 Å². The molecule has 1 aromatic heterocycles. The molecular formula is C12H8Cl3N3O. The molecule has 1 N–H and O–H groups in total. The molecule has 98 valence electrons. The zero-order valence-corrected chi connectivity index (χ0v) is 11.7. The van der Waals surface area contributed by atoms with E-state index in [1.807, 2.05) is 6.07 Å². The van der Waals surface area contributed by atoms with E-state index in [1.165, 1.54) is 6.33 Å². The molecule has 1 heterocycles. The molecule has 7 heteroatoms. The number of rotatable bonds is 3. The van der Waals surface area contributed by atoms with Gasteiger partial charge in [0.2, 0.25) is 5.91 Å². The Hall–Kier alpha value is -1.36. The first-order valence-electron chi connectivity index (χ1n) is 5.25. The van der Waals surface area contributed by atoms with Gasteiger partial charge in [-0.2, -0.15) is 0 Å². The smallest absolute Gasteiger partial charge is 0.248 e. The van der Waals surface area contributed by atoms with Crippen molar-refractivity contribution in [2.24, 2.45) is 0 Å². The Morgan fingerprint density at radius 1 is 1.16 bits per heavy atom. The van der Waals surface area contributed by atoms with Crippen molar-refractivity contribution in [1.82, 2.24) is 9.97 Å². The van der Waals surface area contributed by atoms with Gasteiger partial charge in [-0.15, -0.1) is 11.6 Å². The molecule has 2 rings (SSSR count). The lowest BCUT2D eigenvalue weighted by atomic mass is 10.1. The summed E-state index contributed by atoms with van der Waals surface area (Å²) in [6.45, 7) is 0. The number of benzene rings is 1. The maximum Gasteiger partial charge on any atom is 0.248 e. The SMILES string of the molecule is O=C(Nc1ncnc(Cl)c1Cl)C(Cl)c1ccccc1. The summed E-state index contributed by atoms with van der Waals surface area (Å²) in [7, 11) is 0. The standard InChI is InChI=1S/C12H8Cl3N3O/c13-8(7-4-2-1-3-5-7)12(19)18-11-9(14)10(15)16-6-17-11/h1-6,8H,(H,16,17,18,19). The number of halogens is 3. The second-order valence-corrected chi connectivity index (χ2v) is 4.76. The Balaban J connectivity index is 2.15. The van der Waals surface area contributed by atoms with Crippen LogP contribution in [0.25, 0.3) is 0 Å². The van der Waals surface area contributed by atoms with Gasteiger partial charge in [0.1, 0.15) is 16.7 Å². The van der Waals surface area contributed by atoms with Crippen molar-refractivity contribution in [3.8, 4) is 0 Å². The van der Waals surface area contributed by atoms with Crippen molar-refractivity contribution >= 4 is 46.5 Å². The topological polar surface area (TPSA) is 54.9 Å². The number of nitrogens with one attached hydrogen (secondary N) is 1. The van der Waals surface area contributed by atoms with E-state index in [4.69, 9.17) is 34.8 Å². The lowest BCUT2D eigenvalue weighted by Gasteiger charge is -2.11. The van der Waals surface area contributed by atoms with E-state index in [9.17, 15) is 4.79 Å². The average molecular weight is 317 g/mol. The van der Waals surface area contributed by atoms with Crippen LogP contribution in [0.4, 0.5) is 5.82 Å². The molecular weight excluding hydrogens is 309 g/mol. The van der Waals surface area contributed by atoms with Crippen LogP contribution in [0.1, 0.15) is 10.9 Å². The number of anilines is 1. The zero-order chi connectivity index (χ0) is 13.8. The lowest BCUT2D eigenvalue weighted by molar-refractivity contribution is -0.116. The van der Waals surface area contributed by atoms with Crippen LogP contribution in [-0.2, 0) is 4.79 Å². The maximum absolute atomic E-state index is 12.0. The molecule has 0 aliphatic carbocycles. The summed E-state index contributed by atoms with van der Waals surface area (Å²) in [4.78, 5) is 19.5. The third-order valence-corrected chi connectivity index (χ3v) is 3.50. The number of hydrogen-bond acceptors (Lipinski definition) is 3. The number of carbonyl (C=O) groups excluding carboxylic acids is 1. The highest BCUT2D eigenvalue weighted by Crippen LogP contribution is 2.27. The van der Waals surface area contributed by atoms with E-state index < -0.39 is 11.3 Å². The Morgan fingerprint density at radius 2 is 1.84 bits per heavy atom. The molecule has 1 atom stereocenters. The van der Waals surface area contributed by atoms with Gasteiger partial charge in [0.05, 0.1) is 0 Å². The van der Waals surface area contributed by atoms with E-state index in [2.05, 4.69) is 15.3 Å². The molecule has 1 amide bonds. The van der Waals surface area contributed by atoms with Crippen molar-refractivity contribution in [2.75, 3.05) is 5.32 Å². The predicted molar refractivity (Wildman–Crippen MR) is 75.7 cm³/mol. The molecule has 1 unspecified atom stereocenters. The van der Waals surface area contributed by atoms with E-state index in [1.54, 1.807) is 24.3 Å². The Bertz CT molecular complexity index is 592. The first-order chi connectivity index (χ1) is 9.09. The maximum atomic E-state index is 12.0. The number of carbonyl (C=O) groups is 1. The Morgan fingerprint density at radius 3 is 2.53 bits per heavy atom. The predicted octanol–water partition coefficient (Wildman–Crippen LogP) is 3.70. The van der Waals surface area contributed by atoms with Gasteiger partial charge < -0.3 is 5.32 Å². The highest BCUT2D eigenvalue weighted by molar-refractivity contribution is 6.43. The second-order valence-electron chi connectivity index (χ2n) is 3.59. The van der Waals surface area contributed by atoms with Gasteiger partial charge in [0.25, 0.3) is 0 Å². The van der Waals surface area contributed by atoms with Crippen molar-refractivity contribution in [3.63, 3.8) is 0 Å². The molecule has 0 fully saturated rings. The largest absolute Gasteiger partial charge is 0.308 e. The van der Waals surface area contributed by atoms with Crippen LogP contribution in [0, 0.1) is 0 Å². The number of alkyl halides is 1. The van der Waals surface area contributed by atoms with Crippen molar-refractivity contribution in [2.45, 2.75) is 5.38 Å². The van der Waals surface area contributed by atoms with Crippen molar-refractivity contribution in [1.29, 1.82) is 0 Å². The van der Waals surface area contributed by atoms with E-state index in [-0.39, 0.29) is 16.0 Å². The first kappa shape index (κ1) is 14.1. The molecule has 0 spiro atoms. The Labute approximate surface area is 124 Å².